The highest BCUT2D eigenvalue weighted by atomic mass is 16.5. The molecular formula is C15H25NO. The summed E-state index contributed by atoms with van der Waals surface area (Å²) < 4.78 is 5.81. The molecule has 0 radical (unpaired) electrons. The maximum absolute atomic E-state index is 5.81. The molecule has 2 nitrogen and oxygen atoms in total. The monoisotopic (exact) mass is 235 g/mol. The zero-order chi connectivity index (χ0) is 12.5. The van der Waals surface area contributed by atoms with E-state index in [0.29, 0.717) is 0 Å². The Morgan fingerprint density at radius 1 is 1.06 bits per heavy atom. The molecule has 2 heteroatoms. The van der Waals surface area contributed by atoms with Gasteiger partial charge in [-0.2, -0.15) is 0 Å². The van der Waals surface area contributed by atoms with Crippen LogP contribution in [0.2, 0.25) is 0 Å². The maximum Gasteiger partial charge on any atom is 0.122 e. The Balaban J connectivity index is 2.15. The van der Waals surface area contributed by atoms with E-state index in [2.05, 4.69) is 37.4 Å². The molecule has 96 valence electrons. The summed E-state index contributed by atoms with van der Waals surface area (Å²) in [6.45, 7) is 6.16. The quantitative estimate of drug-likeness (QED) is 0.697. The number of unbranched alkanes of at least 4 members (excludes halogenated alkanes) is 3. The molecule has 0 aliphatic rings. The van der Waals surface area contributed by atoms with Crippen LogP contribution in [0.4, 0.5) is 0 Å². The Labute approximate surface area is 105 Å². The molecule has 0 bridgehead atoms. The van der Waals surface area contributed by atoms with E-state index in [-0.39, 0.29) is 0 Å². The molecule has 0 saturated carbocycles. The largest absolute Gasteiger partial charge is 0.493 e. The summed E-state index contributed by atoms with van der Waals surface area (Å²) in [6, 6.07) is 6.37. The molecule has 17 heavy (non-hydrogen) atoms. The summed E-state index contributed by atoms with van der Waals surface area (Å²) in [5.41, 5.74) is 2.49. The zero-order valence-corrected chi connectivity index (χ0v) is 11.4. The van der Waals surface area contributed by atoms with Gasteiger partial charge in [-0.15, -0.1) is 0 Å². The lowest BCUT2D eigenvalue weighted by atomic mass is 10.1. The first-order chi connectivity index (χ1) is 8.24. The molecule has 0 heterocycles. The fourth-order valence-corrected chi connectivity index (χ4v) is 1.80. The fraction of sp³-hybridized carbons (Fsp3) is 0.600. The number of ether oxygens (including phenoxy) is 1. The topological polar surface area (TPSA) is 21.3 Å². The predicted molar refractivity (Wildman–Crippen MR) is 73.8 cm³/mol. The van der Waals surface area contributed by atoms with Crippen LogP contribution in [0.5, 0.6) is 5.75 Å². The van der Waals surface area contributed by atoms with Crippen molar-refractivity contribution in [2.24, 2.45) is 0 Å². The molecule has 0 aliphatic heterocycles. The molecule has 0 aliphatic carbocycles. The number of hydrogen-bond acceptors (Lipinski definition) is 2. The van der Waals surface area contributed by atoms with Crippen molar-refractivity contribution in [2.45, 2.75) is 39.5 Å². The molecule has 0 saturated heterocycles. The Bertz CT molecular complexity index is 323. The standard InChI is InChI=1S/C15H25NO/c1-13-8-9-14(2)15(12-13)17-11-7-5-4-6-10-16-3/h8-9,12,16H,4-7,10-11H2,1-3H3. The van der Waals surface area contributed by atoms with E-state index >= 15 is 0 Å². The maximum atomic E-state index is 5.81. The van der Waals surface area contributed by atoms with Gasteiger partial charge in [0, 0.05) is 0 Å². The van der Waals surface area contributed by atoms with Crippen molar-refractivity contribution in [2.75, 3.05) is 20.2 Å². The third-order valence-electron chi connectivity index (χ3n) is 2.92. The van der Waals surface area contributed by atoms with Gasteiger partial charge in [0.1, 0.15) is 5.75 Å². The highest BCUT2D eigenvalue weighted by Gasteiger charge is 1.99. The van der Waals surface area contributed by atoms with Crippen LogP contribution in [0.1, 0.15) is 36.8 Å². The first kappa shape index (κ1) is 14.0. The SMILES string of the molecule is CNCCCCCCOc1cc(C)ccc1C. The van der Waals surface area contributed by atoms with Crippen LogP contribution in [0.25, 0.3) is 0 Å². The van der Waals surface area contributed by atoms with Crippen LogP contribution in [-0.2, 0) is 0 Å². The second kappa shape index (κ2) is 8.13. The second-order valence-electron chi connectivity index (χ2n) is 4.64. The third kappa shape index (κ3) is 5.73. The van der Waals surface area contributed by atoms with Crippen molar-refractivity contribution in [3.05, 3.63) is 29.3 Å². The normalized spacial score (nSPS) is 10.5. The minimum absolute atomic E-state index is 0.837. The van der Waals surface area contributed by atoms with Gasteiger partial charge in [-0.1, -0.05) is 25.0 Å². The van der Waals surface area contributed by atoms with E-state index in [4.69, 9.17) is 4.74 Å². The van der Waals surface area contributed by atoms with Gasteiger partial charge in [0.2, 0.25) is 0 Å². The van der Waals surface area contributed by atoms with E-state index < -0.39 is 0 Å². The Morgan fingerprint density at radius 3 is 2.59 bits per heavy atom. The van der Waals surface area contributed by atoms with Crippen LogP contribution >= 0.6 is 0 Å². The first-order valence-corrected chi connectivity index (χ1v) is 6.58. The predicted octanol–water partition coefficient (Wildman–Crippen LogP) is 3.46. The highest BCUT2D eigenvalue weighted by molar-refractivity contribution is 5.35. The average Bonchev–Trinajstić information content (AvgIpc) is 2.32. The molecule has 0 spiro atoms. The molecule has 0 unspecified atom stereocenters. The van der Waals surface area contributed by atoms with Gasteiger partial charge < -0.3 is 10.1 Å². The van der Waals surface area contributed by atoms with Gasteiger partial charge in [0.15, 0.2) is 0 Å². The van der Waals surface area contributed by atoms with Gasteiger partial charge in [-0.3, -0.25) is 0 Å². The Hall–Kier alpha value is -1.02. The van der Waals surface area contributed by atoms with Crippen LogP contribution in [-0.4, -0.2) is 20.2 Å². The molecule has 0 amide bonds. The smallest absolute Gasteiger partial charge is 0.122 e. The molecule has 1 rings (SSSR count). The molecule has 0 atom stereocenters. The Kier molecular flexibility index (Phi) is 6.71. The third-order valence-corrected chi connectivity index (χ3v) is 2.92. The molecule has 1 aromatic carbocycles. The average molecular weight is 235 g/mol. The number of hydrogen-bond donors (Lipinski definition) is 1. The molecule has 0 fully saturated rings. The lowest BCUT2D eigenvalue weighted by Gasteiger charge is -2.09. The number of aryl methyl sites for hydroxylation is 2. The van der Waals surface area contributed by atoms with Crippen LogP contribution in [0.3, 0.4) is 0 Å². The first-order valence-electron chi connectivity index (χ1n) is 6.58. The van der Waals surface area contributed by atoms with Gasteiger partial charge in [-0.05, 0) is 57.5 Å². The van der Waals surface area contributed by atoms with Gasteiger partial charge in [-0.25, -0.2) is 0 Å². The van der Waals surface area contributed by atoms with Crippen LogP contribution < -0.4 is 10.1 Å². The van der Waals surface area contributed by atoms with Crippen molar-refractivity contribution in [1.29, 1.82) is 0 Å². The van der Waals surface area contributed by atoms with E-state index in [1.165, 1.54) is 30.4 Å². The van der Waals surface area contributed by atoms with Gasteiger partial charge in [0.25, 0.3) is 0 Å². The minimum Gasteiger partial charge on any atom is -0.493 e. The summed E-state index contributed by atoms with van der Waals surface area (Å²) in [6.07, 6.45) is 4.96. The Morgan fingerprint density at radius 2 is 1.82 bits per heavy atom. The van der Waals surface area contributed by atoms with E-state index in [1.54, 1.807) is 0 Å². The van der Waals surface area contributed by atoms with E-state index in [9.17, 15) is 0 Å². The molecule has 1 N–H and O–H groups in total. The number of rotatable bonds is 8. The van der Waals surface area contributed by atoms with Crippen LogP contribution in [0.15, 0.2) is 18.2 Å². The molecule has 1 aromatic rings. The lowest BCUT2D eigenvalue weighted by molar-refractivity contribution is 0.302. The van der Waals surface area contributed by atoms with Gasteiger partial charge >= 0.3 is 0 Å². The van der Waals surface area contributed by atoms with Gasteiger partial charge in [0.05, 0.1) is 6.61 Å². The summed E-state index contributed by atoms with van der Waals surface area (Å²) >= 11 is 0. The molecular weight excluding hydrogens is 210 g/mol. The van der Waals surface area contributed by atoms with Crippen LogP contribution in [0, 0.1) is 13.8 Å². The van der Waals surface area contributed by atoms with Crippen molar-refractivity contribution in [1.82, 2.24) is 5.32 Å². The fourth-order valence-electron chi connectivity index (χ4n) is 1.80. The lowest BCUT2D eigenvalue weighted by Crippen LogP contribution is -2.07. The van der Waals surface area contributed by atoms with Crippen molar-refractivity contribution in [3.63, 3.8) is 0 Å². The number of nitrogens with one attached hydrogen (secondary N) is 1. The summed E-state index contributed by atoms with van der Waals surface area (Å²) in [5, 5.41) is 3.17. The van der Waals surface area contributed by atoms with E-state index in [0.717, 1.165) is 25.3 Å². The molecule has 0 aromatic heterocycles. The van der Waals surface area contributed by atoms with E-state index in [1.807, 2.05) is 7.05 Å². The summed E-state index contributed by atoms with van der Waals surface area (Å²) in [7, 11) is 2.00. The summed E-state index contributed by atoms with van der Waals surface area (Å²) in [5.74, 6) is 1.04. The summed E-state index contributed by atoms with van der Waals surface area (Å²) in [4.78, 5) is 0. The highest BCUT2D eigenvalue weighted by Crippen LogP contribution is 2.19. The second-order valence-corrected chi connectivity index (χ2v) is 4.64. The minimum atomic E-state index is 0.837. The van der Waals surface area contributed by atoms with Crippen molar-refractivity contribution < 1.29 is 4.74 Å². The zero-order valence-electron chi connectivity index (χ0n) is 11.4. The van der Waals surface area contributed by atoms with Crippen molar-refractivity contribution in [3.8, 4) is 5.75 Å². The van der Waals surface area contributed by atoms with Crippen molar-refractivity contribution >= 4 is 0 Å². The number of benzene rings is 1.